The molecule has 2 aromatic carbocycles. The van der Waals surface area contributed by atoms with E-state index in [4.69, 9.17) is 47.9 Å². The monoisotopic (exact) mass is 1060 g/mol. The molecule has 0 aliphatic carbocycles. The Labute approximate surface area is 432 Å². The van der Waals surface area contributed by atoms with Gasteiger partial charge in [0.2, 0.25) is 0 Å². The summed E-state index contributed by atoms with van der Waals surface area (Å²) in [6.07, 6.45) is 10.2. The minimum atomic E-state index is -0.298. The van der Waals surface area contributed by atoms with Crippen molar-refractivity contribution in [2.24, 2.45) is 0 Å². The van der Waals surface area contributed by atoms with Crippen molar-refractivity contribution >= 4 is 86.2 Å². The molecule has 0 radical (unpaired) electrons. The SMILES string of the molecule is CCOC(=O)CCCOc1cccc(OCCCC(=O)OCC)c1-c1c2nc(c(Br)c3ccc([nH]3)c(-c3c(OCCCC(=O)OCC)cccc3OCCCC(=O)OCC)c3nc(cc4ccc1[nH]4)C=C3)C=C2. The average Bonchev–Trinajstić information content (AvgIpc) is 4.23. The Morgan fingerprint density at radius 1 is 0.452 bits per heavy atom. The summed E-state index contributed by atoms with van der Waals surface area (Å²) in [5.74, 6) is 0.843. The van der Waals surface area contributed by atoms with Gasteiger partial charge in [-0.1, -0.05) is 12.1 Å². The molecule has 16 nitrogen and oxygen atoms in total. The van der Waals surface area contributed by atoms with Crippen LogP contribution in [0.2, 0.25) is 0 Å². The Balaban J connectivity index is 1.38. The molecule has 73 heavy (non-hydrogen) atoms. The number of H-pyrrole nitrogens is 2. The van der Waals surface area contributed by atoms with Gasteiger partial charge in [-0.25, -0.2) is 9.97 Å². The van der Waals surface area contributed by atoms with Crippen molar-refractivity contribution in [3.63, 3.8) is 0 Å². The number of benzene rings is 2. The molecule has 0 unspecified atom stereocenters. The van der Waals surface area contributed by atoms with Crippen LogP contribution in [0.3, 0.4) is 0 Å². The Hall–Kier alpha value is -7.40. The van der Waals surface area contributed by atoms with E-state index in [0.29, 0.717) is 141 Å². The minimum absolute atomic E-state index is 0.195. The summed E-state index contributed by atoms with van der Waals surface area (Å²) in [7, 11) is 0. The van der Waals surface area contributed by atoms with Crippen LogP contribution in [0.15, 0.2) is 71.2 Å². The largest absolute Gasteiger partial charge is 0.493 e. The Morgan fingerprint density at radius 3 is 1.29 bits per heavy atom. The maximum Gasteiger partial charge on any atom is 0.305 e. The van der Waals surface area contributed by atoms with Gasteiger partial charge in [-0.2, -0.15) is 0 Å². The maximum atomic E-state index is 12.2. The predicted octanol–water partition coefficient (Wildman–Crippen LogP) is 11.6. The highest BCUT2D eigenvalue weighted by molar-refractivity contribution is 9.10. The zero-order valence-corrected chi connectivity index (χ0v) is 43.2. The molecule has 0 amide bonds. The molecule has 8 bridgehead atoms. The highest BCUT2D eigenvalue weighted by Gasteiger charge is 2.24. The summed E-state index contributed by atoms with van der Waals surface area (Å²) in [6, 6.07) is 20.9. The van der Waals surface area contributed by atoms with Crippen LogP contribution in [0.25, 0.3) is 68.6 Å². The summed E-state index contributed by atoms with van der Waals surface area (Å²) in [5, 5.41) is 0. The lowest BCUT2D eigenvalue weighted by molar-refractivity contribution is -0.144. The first-order valence-corrected chi connectivity index (χ1v) is 25.6. The molecule has 5 aromatic rings. The van der Waals surface area contributed by atoms with Crippen molar-refractivity contribution in [3.05, 3.63) is 94.0 Å². The normalized spacial score (nSPS) is 11.5. The number of carbonyl (C=O) groups is 4. The van der Waals surface area contributed by atoms with Crippen LogP contribution in [-0.2, 0) is 38.1 Å². The average molecular weight is 1060 g/mol. The third kappa shape index (κ3) is 14.4. The van der Waals surface area contributed by atoms with Gasteiger partial charge in [0.05, 0.1) is 96.7 Å². The molecule has 2 aliphatic heterocycles. The fourth-order valence-electron chi connectivity index (χ4n) is 8.15. The number of aromatic amines is 2. The molecular weight excluding hydrogens is 1000 g/mol. The van der Waals surface area contributed by atoms with Gasteiger partial charge in [-0.05, 0) is 148 Å². The lowest BCUT2D eigenvalue weighted by atomic mass is 10.0. The number of nitrogens with one attached hydrogen (secondary N) is 2. The van der Waals surface area contributed by atoms with Crippen molar-refractivity contribution in [2.75, 3.05) is 52.9 Å². The van der Waals surface area contributed by atoms with Crippen LogP contribution < -0.4 is 18.9 Å². The first kappa shape index (κ1) is 53.4. The van der Waals surface area contributed by atoms with Gasteiger partial charge >= 0.3 is 23.9 Å². The quantitative estimate of drug-likeness (QED) is 0.0295. The van der Waals surface area contributed by atoms with Gasteiger partial charge in [-0.15, -0.1) is 0 Å². The van der Waals surface area contributed by atoms with Crippen LogP contribution in [0.4, 0.5) is 0 Å². The van der Waals surface area contributed by atoms with Gasteiger partial charge < -0.3 is 47.9 Å². The summed E-state index contributed by atoms with van der Waals surface area (Å²) in [5.41, 5.74) is 8.00. The molecule has 5 heterocycles. The molecule has 0 spiro atoms. The Kier molecular flexibility index (Phi) is 19.7. The molecule has 384 valence electrons. The fraction of sp³-hybridized carbons (Fsp3) is 0.357. The number of aromatic nitrogens is 4. The molecule has 2 N–H and O–H groups in total. The van der Waals surface area contributed by atoms with Crippen LogP contribution in [-0.4, -0.2) is 96.7 Å². The van der Waals surface area contributed by atoms with E-state index >= 15 is 0 Å². The second-order valence-electron chi connectivity index (χ2n) is 16.6. The van der Waals surface area contributed by atoms with Crippen LogP contribution >= 0.6 is 15.9 Å². The van der Waals surface area contributed by atoms with Crippen molar-refractivity contribution < 1.29 is 57.1 Å². The number of halogens is 1. The van der Waals surface area contributed by atoms with E-state index in [0.717, 1.165) is 5.52 Å². The topological polar surface area (TPSA) is 199 Å². The second-order valence-corrected chi connectivity index (χ2v) is 17.4. The van der Waals surface area contributed by atoms with Gasteiger partial charge in [0, 0.05) is 53.4 Å². The number of rotatable bonds is 26. The molecule has 0 saturated heterocycles. The summed E-state index contributed by atoms with van der Waals surface area (Å²) >= 11 is 3.89. The summed E-state index contributed by atoms with van der Waals surface area (Å²) in [4.78, 5) is 66.6. The Morgan fingerprint density at radius 2 is 0.836 bits per heavy atom. The van der Waals surface area contributed by atoms with Crippen molar-refractivity contribution in [1.82, 2.24) is 19.9 Å². The van der Waals surface area contributed by atoms with E-state index in [9.17, 15) is 19.2 Å². The zero-order chi connectivity index (χ0) is 51.5. The number of carbonyl (C=O) groups excluding carboxylic acids is 4. The van der Waals surface area contributed by atoms with E-state index in [1.165, 1.54) is 0 Å². The molecule has 0 fully saturated rings. The smallest absolute Gasteiger partial charge is 0.305 e. The second kappa shape index (κ2) is 26.9. The van der Waals surface area contributed by atoms with Crippen molar-refractivity contribution in [1.29, 1.82) is 0 Å². The van der Waals surface area contributed by atoms with E-state index in [1.807, 2.05) is 91.0 Å². The fourth-order valence-corrected chi connectivity index (χ4v) is 8.61. The molecule has 0 atom stereocenters. The highest BCUT2D eigenvalue weighted by atomic mass is 79.9. The summed E-state index contributed by atoms with van der Waals surface area (Å²) < 4.78 is 47.1. The first-order valence-electron chi connectivity index (χ1n) is 24.8. The third-order valence-corrected chi connectivity index (χ3v) is 12.2. The number of fused-ring (bicyclic) bond motifs is 8. The van der Waals surface area contributed by atoms with Gasteiger partial charge in [0.15, 0.2) is 0 Å². The number of nitrogens with zero attached hydrogens (tertiary/aromatic N) is 2. The highest BCUT2D eigenvalue weighted by Crippen LogP contribution is 2.45. The van der Waals surface area contributed by atoms with Gasteiger partial charge in [-0.3, -0.25) is 19.2 Å². The summed E-state index contributed by atoms with van der Waals surface area (Å²) in [6.45, 7) is 9.19. The van der Waals surface area contributed by atoms with E-state index in [1.54, 1.807) is 27.7 Å². The van der Waals surface area contributed by atoms with E-state index in [2.05, 4.69) is 25.9 Å². The number of hydrogen-bond acceptors (Lipinski definition) is 14. The standard InChI is InChI=1S/C56H61BrN4O12/c1-5-66-48(62)19-11-31-70-44-15-9-16-45(71-32-12-20-49(63)67-6-2)54(44)52-38-25-23-36(58-38)35-37-24-26-39(59-37)53(41-28-30-43(61-41)56(57)42-29-27-40(52)60-42)55-46(72-33-13-21-50(64)68-7-3)17-10-18-47(55)73-34-14-22-51(65)69-8-4/h9-10,15-18,23-30,35,58,61H,5-8,11-14,19-22,31-34H2,1-4H3. The molecule has 0 saturated carbocycles. The zero-order valence-electron chi connectivity index (χ0n) is 41.6. The third-order valence-electron chi connectivity index (χ3n) is 11.3. The van der Waals surface area contributed by atoms with Crippen LogP contribution in [0.5, 0.6) is 23.0 Å². The molecule has 17 heteroatoms. The minimum Gasteiger partial charge on any atom is -0.493 e. The number of esters is 4. The lowest BCUT2D eigenvalue weighted by Gasteiger charge is -2.17. The molecule has 7 rings (SSSR count). The van der Waals surface area contributed by atoms with Gasteiger partial charge in [0.25, 0.3) is 0 Å². The number of ether oxygens (including phenoxy) is 8. The lowest BCUT2D eigenvalue weighted by Crippen LogP contribution is -2.08. The van der Waals surface area contributed by atoms with Crippen LogP contribution in [0.1, 0.15) is 102 Å². The molecule has 3 aromatic heterocycles. The van der Waals surface area contributed by atoms with E-state index < -0.39 is 0 Å². The van der Waals surface area contributed by atoms with Gasteiger partial charge in [0.1, 0.15) is 23.0 Å². The predicted molar refractivity (Wildman–Crippen MR) is 283 cm³/mol. The molecule has 2 aliphatic rings. The maximum absolute atomic E-state index is 12.2. The Bertz CT molecular complexity index is 2810. The van der Waals surface area contributed by atoms with E-state index in [-0.39, 0.29) is 76.0 Å². The van der Waals surface area contributed by atoms with Crippen molar-refractivity contribution in [3.8, 4) is 45.3 Å². The van der Waals surface area contributed by atoms with Crippen LogP contribution in [0, 0.1) is 0 Å². The van der Waals surface area contributed by atoms with Crippen molar-refractivity contribution in [2.45, 2.75) is 79.1 Å². The number of hydrogen-bond donors (Lipinski definition) is 2. The molecular formula is C56H61BrN4O12. The first-order chi connectivity index (χ1) is 35.6.